The van der Waals surface area contributed by atoms with Gasteiger partial charge in [-0.05, 0) is 46.5 Å². The van der Waals surface area contributed by atoms with E-state index < -0.39 is 5.60 Å². The van der Waals surface area contributed by atoms with E-state index in [1.54, 1.807) is 11.1 Å². The predicted molar refractivity (Wildman–Crippen MR) is 84.9 cm³/mol. The Morgan fingerprint density at radius 1 is 1.39 bits per heavy atom. The lowest BCUT2D eigenvalue weighted by atomic mass is 10.1. The maximum absolute atomic E-state index is 14.3. The summed E-state index contributed by atoms with van der Waals surface area (Å²) in [6, 6.07) is 0.234. The SMILES string of the molecule is CC(C)(C)OC(=O)N1CCCC(Nc2cnn(C3CC3)c2F)C1. The standard InChI is InChI=1S/C16H25FN4O2/c1-16(2,3)23-15(22)20-8-4-5-11(10-20)19-13-9-18-21(14(13)17)12-6-7-12/h9,11-12,19H,4-8,10H2,1-3H3. The smallest absolute Gasteiger partial charge is 0.410 e. The highest BCUT2D eigenvalue weighted by molar-refractivity contribution is 5.68. The number of likely N-dealkylation sites (tertiary alicyclic amines) is 1. The van der Waals surface area contributed by atoms with Gasteiger partial charge in [0.1, 0.15) is 11.3 Å². The maximum atomic E-state index is 14.3. The van der Waals surface area contributed by atoms with Crippen LogP contribution >= 0.6 is 0 Å². The molecule has 1 aliphatic heterocycles. The van der Waals surface area contributed by atoms with Crippen LogP contribution < -0.4 is 5.32 Å². The van der Waals surface area contributed by atoms with Crippen molar-refractivity contribution in [3.05, 3.63) is 12.1 Å². The summed E-state index contributed by atoms with van der Waals surface area (Å²) in [7, 11) is 0. The summed E-state index contributed by atoms with van der Waals surface area (Å²) in [6.45, 7) is 6.75. The number of hydrogen-bond donors (Lipinski definition) is 1. The van der Waals surface area contributed by atoms with Gasteiger partial charge in [-0.25, -0.2) is 9.48 Å². The molecule has 1 aromatic heterocycles. The van der Waals surface area contributed by atoms with Crippen molar-refractivity contribution in [1.29, 1.82) is 0 Å². The fourth-order valence-electron chi connectivity index (χ4n) is 2.82. The Kier molecular flexibility index (Phi) is 4.21. The molecule has 0 radical (unpaired) electrons. The minimum Gasteiger partial charge on any atom is -0.444 e. The molecule has 6 nitrogen and oxygen atoms in total. The van der Waals surface area contributed by atoms with E-state index in [2.05, 4.69) is 10.4 Å². The summed E-state index contributed by atoms with van der Waals surface area (Å²) in [4.78, 5) is 13.9. The third kappa shape index (κ3) is 3.95. The molecule has 1 saturated carbocycles. The van der Waals surface area contributed by atoms with Crippen LogP contribution in [0.1, 0.15) is 52.5 Å². The molecule has 0 aromatic carbocycles. The second kappa shape index (κ2) is 6.02. The largest absolute Gasteiger partial charge is 0.444 e. The topological polar surface area (TPSA) is 59.4 Å². The van der Waals surface area contributed by atoms with E-state index in [1.807, 2.05) is 20.8 Å². The third-order valence-electron chi connectivity index (χ3n) is 4.06. The zero-order chi connectivity index (χ0) is 16.6. The van der Waals surface area contributed by atoms with E-state index in [0.29, 0.717) is 18.8 Å². The minimum absolute atomic E-state index is 0.0163. The molecule has 1 amide bonds. The molecule has 128 valence electrons. The first-order valence-corrected chi connectivity index (χ1v) is 8.31. The van der Waals surface area contributed by atoms with Crippen molar-refractivity contribution in [2.75, 3.05) is 18.4 Å². The van der Waals surface area contributed by atoms with Crippen molar-refractivity contribution >= 4 is 11.8 Å². The van der Waals surface area contributed by atoms with Gasteiger partial charge < -0.3 is 15.0 Å². The number of aromatic nitrogens is 2. The van der Waals surface area contributed by atoms with Crippen LogP contribution in [0.3, 0.4) is 0 Å². The maximum Gasteiger partial charge on any atom is 0.410 e. The number of carbonyl (C=O) groups is 1. The predicted octanol–water partition coefficient (Wildman–Crippen LogP) is 3.17. The van der Waals surface area contributed by atoms with Gasteiger partial charge in [-0.1, -0.05) is 0 Å². The lowest BCUT2D eigenvalue weighted by molar-refractivity contribution is 0.0206. The van der Waals surface area contributed by atoms with E-state index in [0.717, 1.165) is 25.7 Å². The van der Waals surface area contributed by atoms with Crippen molar-refractivity contribution in [3.8, 4) is 0 Å². The summed E-state index contributed by atoms with van der Waals surface area (Å²) in [5.41, 5.74) is -0.0810. The molecule has 1 atom stereocenters. The fourth-order valence-corrected chi connectivity index (χ4v) is 2.82. The first-order chi connectivity index (χ1) is 10.8. The fraction of sp³-hybridized carbons (Fsp3) is 0.750. The molecule has 2 fully saturated rings. The molecule has 0 spiro atoms. The van der Waals surface area contributed by atoms with Crippen LogP contribution in [0.5, 0.6) is 0 Å². The Bertz CT molecular complexity index is 577. The van der Waals surface area contributed by atoms with Crippen LogP contribution in [0.2, 0.25) is 0 Å². The number of carbonyl (C=O) groups excluding carboxylic acids is 1. The number of halogens is 1. The number of nitrogens with one attached hydrogen (secondary N) is 1. The second-order valence-corrected chi connectivity index (χ2v) is 7.43. The molecule has 1 saturated heterocycles. The lowest BCUT2D eigenvalue weighted by Gasteiger charge is -2.34. The van der Waals surface area contributed by atoms with Crippen LogP contribution in [0.4, 0.5) is 14.9 Å². The quantitative estimate of drug-likeness (QED) is 0.928. The summed E-state index contributed by atoms with van der Waals surface area (Å²) in [5, 5.41) is 7.31. The molecule has 1 unspecified atom stereocenters. The van der Waals surface area contributed by atoms with E-state index in [9.17, 15) is 9.18 Å². The molecule has 2 aliphatic rings. The number of nitrogens with zero attached hydrogens (tertiary/aromatic N) is 3. The van der Waals surface area contributed by atoms with Gasteiger partial charge in [0, 0.05) is 19.1 Å². The molecule has 1 N–H and O–H groups in total. The lowest BCUT2D eigenvalue weighted by Crippen LogP contribution is -2.47. The Balaban J connectivity index is 1.59. The third-order valence-corrected chi connectivity index (χ3v) is 4.06. The monoisotopic (exact) mass is 324 g/mol. The van der Waals surface area contributed by atoms with E-state index in [4.69, 9.17) is 4.74 Å². The highest BCUT2D eigenvalue weighted by Crippen LogP contribution is 2.36. The number of ether oxygens (including phenoxy) is 1. The summed E-state index contributed by atoms with van der Waals surface area (Å²) in [5.74, 6) is -0.304. The first kappa shape index (κ1) is 16.1. The second-order valence-electron chi connectivity index (χ2n) is 7.43. The molecule has 3 rings (SSSR count). The highest BCUT2D eigenvalue weighted by atomic mass is 19.1. The zero-order valence-corrected chi connectivity index (χ0v) is 14.0. The molecule has 1 aliphatic carbocycles. The van der Waals surface area contributed by atoms with Gasteiger partial charge in [0.2, 0.25) is 5.95 Å². The summed E-state index contributed by atoms with van der Waals surface area (Å²) < 4.78 is 21.2. The molecule has 23 heavy (non-hydrogen) atoms. The number of amides is 1. The van der Waals surface area contributed by atoms with Crippen LogP contribution in [0.25, 0.3) is 0 Å². The van der Waals surface area contributed by atoms with Gasteiger partial charge in [-0.3, -0.25) is 0 Å². The van der Waals surface area contributed by atoms with Gasteiger partial charge in [0.25, 0.3) is 0 Å². The van der Waals surface area contributed by atoms with Crippen LogP contribution in [-0.4, -0.2) is 45.5 Å². The number of rotatable bonds is 3. The van der Waals surface area contributed by atoms with Crippen molar-refractivity contribution in [2.45, 2.75) is 64.1 Å². The van der Waals surface area contributed by atoms with Gasteiger partial charge in [-0.2, -0.15) is 9.49 Å². The minimum atomic E-state index is -0.505. The van der Waals surface area contributed by atoms with Crippen molar-refractivity contribution in [3.63, 3.8) is 0 Å². The van der Waals surface area contributed by atoms with Gasteiger partial charge >= 0.3 is 6.09 Å². The average molecular weight is 324 g/mol. The van der Waals surface area contributed by atoms with Gasteiger partial charge in [-0.15, -0.1) is 0 Å². The average Bonchev–Trinajstić information content (AvgIpc) is 3.24. The first-order valence-electron chi connectivity index (χ1n) is 8.31. The normalized spacial score (nSPS) is 22.1. The van der Waals surface area contributed by atoms with Crippen LogP contribution in [0, 0.1) is 5.95 Å². The van der Waals surface area contributed by atoms with Crippen LogP contribution in [0.15, 0.2) is 6.20 Å². The molecular weight excluding hydrogens is 299 g/mol. The van der Waals surface area contributed by atoms with Gasteiger partial charge in [0.15, 0.2) is 0 Å². The van der Waals surface area contributed by atoms with E-state index in [-0.39, 0.29) is 24.1 Å². The highest BCUT2D eigenvalue weighted by Gasteiger charge is 2.31. The Hall–Kier alpha value is -1.79. The van der Waals surface area contributed by atoms with Crippen molar-refractivity contribution in [2.24, 2.45) is 0 Å². The number of piperidine rings is 1. The summed E-state index contributed by atoms with van der Waals surface area (Å²) in [6.07, 6.45) is 4.99. The molecular formula is C16H25FN4O2. The Morgan fingerprint density at radius 3 is 2.78 bits per heavy atom. The number of hydrogen-bond acceptors (Lipinski definition) is 4. The van der Waals surface area contributed by atoms with Gasteiger partial charge in [0.05, 0.1) is 12.2 Å². The molecule has 7 heteroatoms. The zero-order valence-electron chi connectivity index (χ0n) is 14.0. The molecule has 1 aromatic rings. The molecule has 0 bridgehead atoms. The Morgan fingerprint density at radius 2 is 2.13 bits per heavy atom. The number of anilines is 1. The summed E-state index contributed by atoms with van der Waals surface area (Å²) >= 11 is 0. The van der Waals surface area contributed by atoms with E-state index in [1.165, 1.54) is 4.68 Å². The molecule has 2 heterocycles. The van der Waals surface area contributed by atoms with E-state index >= 15 is 0 Å². The van der Waals surface area contributed by atoms with Crippen LogP contribution in [-0.2, 0) is 4.74 Å². The Labute approximate surface area is 136 Å². The van der Waals surface area contributed by atoms with Crippen molar-refractivity contribution in [1.82, 2.24) is 14.7 Å². The van der Waals surface area contributed by atoms with Crippen molar-refractivity contribution < 1.29 is 13.9 Å².